The number of aliphatic hydroxyl groups is 6. The molecular formula is C15H27NO10. The molecule has 8 N–H and O–H groups in total. The summed E-state index contributed by atoms with van der Waals surface area (Å²) in [5.41, 5.74) is -10.3. The first-order valence-electron chi connectivity index (χ1n) is 7.82. The molecule has 0 aromatic carbocycles. The Hall–Kier alpha value is -1.34. The second-order valence-corrected chi connectivity index (χ2v) is 7.44. The van der Waals surface area contributed by atoms with Gasteiger partial charge in [-0.15, -0.1) is 0 Å². The van der Waals surface area contributed by atoms with E-state index in [2.05, 4.69) is 0 Å². The van der Waals surface area contributed by atoms with Crippen molar-refractivity contribution in [2.24, 2.45) is 5.41 Å². The number of carbonyl (C=O) groups excluding carboxylic acids is 1. The van der Waals surface area contributed by atoms with Gasteiger partial charge in [-0.2, -0.15) is 0 Å². The van der Waals surface area contributed by atoms with E-state index < -0.39 is 58.8 Å². The number of ether oxygens (including phenoxy) is 1. The zero-order chi connectivity index (χ0) is 20.9. The van der Waals surface area contributed by atoms with E-state index in [4.69, 9.17) is 9.84 Å². The summed E-state index contributed by atoms with van der Waals surface area (Å²) in [6.45, 7) is 3.92. The fourth-order valence-electron chi connectivity index (χ4n) is 3.33. The average Bonchev–Trinajstić information content (AvgIpc) is 2.50. The van der Waals surface area contributed by atoms with Crippen LogP contribution in [0.3, 0.4) is 0 Å². The molecule has 1 heterocycles. The SMILES string of the molecule is CC(=O)N[C@@]1(O)C(C)(C(O)C(O)CO)O[C@](O)(C(=O)O)C(C)(C)C1(C)O. The van der Waals surface area contributed by atoms with Gasteiger partial charge in [-0.25, -0.2) is 4.79 Å². The van der Waals surface area contributed by atoms with Crippen molar-refractivity contribution in [1.29, 1.82) is 0 Å². The highest BCUT2D eigenvalue weighted by Crippen LogP contribution is 2.57. The Morgan fingerprint density at radius 2 is 1.54 bits per heavy atom. The van der Waals surface area contributed by atoms with Crippen molar-refractivity contribution in [2.75, 3.05) is 6.61 Å². The molecule has 11 nitrogen and oxygen atoms in total. The lowest BCUT2D eigenvalue weighted by Gasteiger charge is -2.66. The van der Waals surface area contributed by atoms with E-state index in [0.717, 1.165) is 34.6 Å². The Kier molecular flexibility index (Phi) is 5.56. The third-order valence-corrected chi connectivity index (χ3v) is 5.61. The van der Waals surface area contributed by atoms with Gasteiger partial charge >= 0.3 is 5.97 Å². The number of carboxylic acid groups (broad SMARTS) is 1. The summed E-state index contributed by atoms with van der Waals surface area (Å²) < 4.78 is 5.19. The number of carbonyl (C=O) groups is 2. The van der Waals surface area contributed by atoms with Crippen molar-refractivity contribution in [2.45, 2.75) is 69.5 Å². The van der Waals surface area contributed by atoms with Crippen LogP contribution in [0, 0.1) is 5.41 Å². The van der Waals surface area contributed by atoms with Gasteiger partial charge in [-0.3, -0.25) is 4.79 Å². The first-order chi connectivity index (χ1) is 11.5. The fraction of sp³-hybridized carbons (Fsp3) is 0.867. The van der Waals surface area contributed by atoms with Crippen molar-refractivity contribution < 1.29 is 50.1 Å². The molecule has 0 aromatic heterocycles. The first-order valence-corrected chi connectivity index (χ1v) is 7.82. The van der Waals surface area contributed by atoms with E-state index in [1.54, 1.807) is 0 Å². The topological polar surface area (TPSA) is 197 Å². The maximum atomic E-state index is 11.7. The number of hydrogen-bond acceptors (Lipinski definition) is 9. The summed E-state index contributed by atoms with van der Waals surface area (Å²) in [6.07, 6.45) is -4.19. The van der Waals surface area contributed by atoms with Gasteiger partial charge in [0.1, 0.15) is 23.4 Å². The number of aliphatic hydroxyl groups excluding tert-OH is 3. The van der Waals surface area contributed by atoms with Crippen molar-refractivity contribution in [3.05, 3.63) is 0 Å². The minimum absolute atomic E-state index is 0.879. The van der Waals surface area contributed by atoms with Crippen molar-refractivity contribution in [1.82, 2.24) is 5.32 Å². The highest BCUT2D eigenvalue weighted by atomic mass is 16.7. The minimum atomic E-state index is -3.15. The normalized spacial score (nSPS) is 42.0. The highest BCUT2D eigenvalue weighted by molar-refractivity contribution is 5.78. The Morgan fingerprint density at radius 1 is 1.08 bits per heavy atom. The largest absolute Gasteiger partial charge is 0.477 e. The van der Waals surface area contributed by atoms with Crippen LogP contribution in [0.4, 0.5) is 0 Å². The minimum Gasteiger partial charge on any atom is -0.477 e. The van der Waals surface area contributed by atoms with Gasteiger partial charge < -0.3 is 45.8 Å². The molecule has 152 valence electrons. The fourth-order valence-corrected chi connectivity index (χ4v) is 3.33. The second kappa shape index (κ2) is 6.37. The number of nitrogens with one attached hydrogen (secondary N) is 1. The van der Waals surface area contributed by atoms with E-state index in [-0.39, 0.29) is 0 Å². The smallest absolute Gasteiger partial charge is 0.364 e. The Morgan fingerprint density at radius 3 is 1.88 bits per heavy atom. The molecule has 26 heavy (non-hydrogen) atoms. The van der Waals surface area contributed by atoms with Gasteiger partial charge in [0, 0.05) is 6.92 Å². The number of carboxylic acids is 1. The number of hydrogen-bond donors (Lipinski definition) is 8. The summed E-state index contributed by atoms with van der Waals surface area (Å²) in [6, 6.07) is 0. The maximum absolute atomic E-state index is 11.7. The van der Waals surface area contributed by atoms with Gasteiger partial charge in [0.2, 0.25) is 5.91 Å². The number of amides is 1. The molecule has 1 rings (SSSR count). The molecule has 1 fully saturated rings. The summed E-state index contributed by atoms with van der Waals surface area (Å²) >= 11 is 0. The van der Waals surface area contributed by atoms with E-state index in [1.165, 1.54) is 0 Å². The quantitative estimate of drug-likeness (QED) is 0.225. The lowest BCUT2D eigenvalue weighted by molar-refractivity contribution is -0.446. The van der Waals surface area contributed by atoms with Crippen molar-refractivity contribution in [3.8, 4) is 0 Å². The third-order valence-electron chi connectivity index (χ3n) is 5.61. The third kappa shape index (κ3) is 2.62. The average molecular weight is 381 g/mol. The van der Waals surface area contributed by atoms with Crippen LogP contribution in [0.25, 0.3) is 0 Å². The zero-order valence-electron chi connectivity index (χ0n) is 15.2. The summed E-state index contributed by atoms with van der Waals surface area (Å²) in [4.78, 5) is 23.4. The van der Waals surface area contributed by atoms with E-state index in [1.807, 2.05) is 5.32 Å². The van der Waals surface area contributed by atoms with Crippen LogP contribution in [0.2, 0.25) is 0 Å². The van der Waals surface area contributed by atoms with E-state index in [9.17, 15) is 40.2 Å². The van der Waals surface area contributed by atoms with Gasteiger partial charge in [0.25, 0.3) is 5.79 Å². The molecule has 0 aromatic rings. The zero-order valence-corrected chi connectivity index (χ0v) is 15.2. The Bertz CT molecular complexity index is 593. The summed E-state index contributed by atoms with van der Waals surface area (Å²) in [5, 5.41) is 73.7. The van der Waals surface area contributed by atoms with Gasteiger partial charge in [-0.05, 0) is 13.8 Å². The van der Waals surface area contributed by atoms with Crippen LogP contribution < -0.4 is 5.32 Å². The Balaban J connectivity index is 3.84. The monoisotopic (exact) mass is 381 g/mol. The molecule has 1 aliphatic rings. The highest BCUT2D eigenvalue weighted by Gasteiger charge is 2.80. The molecule has 0 bridgehead atoms. The van der Waals surface area contributed by atoms with Crippen LogP contribution in [0.5, 0.6) is 0 Å². The molecule has 0 spiro atoms. The Labute approximate surface area is 149 Å². The number of aliphatic carboxylic acids is 1. The van der Waals surface area contributed by atoms with Gasteiger partial charge in [-0.1, -0.05) is 13.8 Å². The van der Waals surface area contributed by atoms with Crippen LogP contribution in [-0.4, -0.2) is 89.2 Å². The molecule has 11 heteroatoms. The molecule has 0 radical (unpaired) electrons. The summed E-state index contributed by atoms with van der Waals surface area (Å²) in [7, 11) is 0. The molecule has 0 aliphatic carbocycles. The lowest BCUT2D eigenvalue weighted by Crippen LogP contribution is -2.89. The standard InChI is InChI=1S/C15H27NO10/c1-7(18)16-15(25)12(4,9(20)8(19)6-17)26-14(24,10(21)22)11(2,3)13(15,5)23/h8-9,17,19-20,23-25H,6H2,1-5H3,(H,16,18)(H,21,22)/t8?,9?,12?,13?,14-,15-/m1/s1. The predicted octanol–water partition coefficient (Wildman–Crippen LogP) is -3.14. The molecule has 1 saturated heterocycles. The van der Waals surface area contributed by atoms with Crippen LogP contribution >= 0.6 is 0 Å². The van der Waals surface area contributed by atoms with Crippen molar-refractivity contribution in [3.63, 3.8) is 0 Å². The summed E-state index contributed by atoms with van der Waals surface area (Å²) in [5.74, 6) is -5.97. The van der Waals surface area contributed by atoms with Gasteiger partial charge in [0.05, 0.1) is 12.0 Å². The molecule has 6 atom stereocenters. The van der Waals surface area contributed by atoms with Crippen LogP contribution in [-0.2, 0) is 14.3 Å². The second-order valence-electron chi connectivity index (χ2n) is 7.44. The number of rotatable bonds is 5. The first kappa shape index (κ1) is 22.7. The van der Waals surface area contributed by atoms with Crippen LogP contribution in [0.1, 0.15) is 34.6 Å². The molecule has 1 aliphatic heterocycles. The predicted molar refractivity (Wildman–Crippen MR) is 84.3 cm³/mol. The lowest BCUT2D eigenvalue weighted by atomic mass is 9.57. The van der Waals surface area contributed by atoms with Crippen LogP contribution in [0.15, 0.2) is 0 Å². The van der Waals surface area contributed by atoms with E-state index >= 15 is 0 Å². The van der Waals surface area contributed by atoms with E-state index in [0.29, 0.717) is 0 Å². The van der Waals surface area contributed by atoms with Gasteiger partial charge in [0.15, 0.2) is 5.72 Å². The van der Waals surface area contributed by atoms with Crippen molar-refractivity contribution >= 4 is 11.9 Å². The molecule has 1 amide bonds. The molecule has 0 saturated carbocycles. The molecule has 4 unspecified atom stereocenters. The maximum Gasteiger partial charge on any atom is 0.364 e. The molecular weight excluding hydrogens is 354 g/mol.